The summed E-state index contributed by atoms with van der Waals surface area (Å²) in [6, 6.07) is 0. The van der Waals surface area contributed by atoms with Gasteiger partial charge in [0.2, 0.25) is 0 Å². The van der Waals surface area contributed by atoms with Crippen LogP contribution >= 0.6 is 8.25 Å². The van der Waals surface area contributed by atoms with Crippen molar-refractivity contribution < 1.29 is 14.0 Å². The first-order chi connectivity index (χ1) is 3.77. The summed E-state index contributed by atoms with van der Waals surface area (Å²) < 4.78 is 13.0. The Labute approximate surface area is 66.5 Å². The van der Waals surface area contributed by atoms with Crippen LogP contribution in [0.2, 0.25) is 0 Å². The molecule has 0 aliphatic carbocycles. The molecule has 3 nitrogen and oxygen atoms in total. The molecule has 52 valence electrons. The van der Waals surface area contributed by atoms with Gasteiger partial charge in [-0.25, -0.2) is 0 Å². The number of hydrogen-bond donors (Lipinski definition) is 1. The highest BCUT2D eigenvalue weighted by Crippen LogP contribution is 2.11. The molecular weight excluding hydrogens is 154 g/mol. The predicted molar refractivity (Wildman–Crippen MR) is 41.0 cm³/mol. The largest absolute Gasteiger partial charge is 0.756 e. The Balaban J connectivity index is -0.000000109. The molecule has 0 bridgehead atoms. The van der Waals surface area contributed by atoms with Gasteiger partial charge in [0.25, 0.3) is 0 Å². The number of hydrogen-bond acceptors (Lipinski definition) is 2. The lowest BCUT2D eigenvalue weighted by Gasteiger charge is -1.58. The van der Waals surface area contributed by atoms with Gasteiger partial charge in [0.05, 0.1) is 0 Å². The lowest BCUT2D eigenvalue weighted by Crippen LogP contribution is -1.57. The molecule has 0 heterocycles. The highest BCUT2D eigenvalue weighted by molar-refractivity contribution is 7.32. The second kappa shape index (κ2) is 15.7. The third kappa shape index (κ3) is 32.3. The highest BCUT2D eigenvalue weighted by atomic mass is 31.1. The first kappa shape index (κ1) is 16.0. The molecule has 0 amide bonds. The Morgan fingerprint density at radius 3 is 2.00 bits per heavy atom. The van der Waals surface area contributed by atoms with Gasteiger partial charge in [-0.15, -0.1) is 4.89 Å². The molecule has 0 saturated carbocycles. The Morgan fingerprint density at radius 1 is 1.67 bits per heavy atom. The van der Waals surface area contributed by atoms with Crippen molar-refractivity contribution in [2.45, 2.75) is 13.8 Å². The van der Waals surface area contributed by atoms with E-state index in [0.717, 1.165) is 0 Å². The molecule has 1 unspecified atom stereocenters. The van der Waals surface area contributed by atoms with Crippen LogP contribution in [0.1, 0.15) is 13.8 Å². The maximum atomic E-state index is 9.38. The van der Waals surface area contributed by atoms with E-state index in [4.69, 9.17) is 4.89 Å². The van der Waals surface area contributed by atoms with Crippen LogP contribution in [-0.2, 0) is 9.09 Å². The molecule has 0 rings (SSSR count). The van der Waals surface area contributed by atoms with Crippen molar-refractivity contribution in [1.82, 2.24) is 0 Å². The van der Waals surface area contributed by atoms with Crippen LogP contribution < -0.4 is 0 Å². The van der Waals surface area contributed by atoms with E-state index in [-0.39, 0.29) is 17.4 Å². The molecule has 0 radical (unpaired) electrons. The standard InChI is InChI=1S/C2HO3P.C2H6.Al.3H/c1-2-5-6(3)4;1-2;;;;/h1H;1-2H3;;;;/p+1. The Morgan fingerprint density at radius 2 is 2.00 bits per heavy atom. The van der Waals surface area contributed by atoms with Gasteiger partial charge in [-0.05, 0) is 0 Å². The fourth-order valence-electron chi connectivity index (χ4n) is 0.0451. The minimum atomic E-state index is -2.59. The number of terminal acetylenes is 1. The van der Waals surface area contributed by atoms with Gasteiger partial charge < -0.3 is 0 Å². The zero-order valence-corrected chi connectivity index (χ0v) is 5.68. The SMILES string of the molecule is C#CO[P+](=O)O.CC.[AlH3]. The zero-order chi connectivity index (χ0) is 6.99. The van der Waals surface area contributed by atoms with E-state index in [1.54, 1.807) is 0 Å². The average Bonchev–Trinajstić information content (AvgIpc) is 1.72. The fraction of sp³-hybridized carbons (Fsp3) is 0.500. The van der Waals surface area contributed by atoms with Crippen LogP contribution in [-0.4, -0.2) is 22.3 Å². The summed E-state index contributed by atoms with van der Waals surface area (Å²) in [6.45, 7) is 4.00. The lowest BCUT2D eigenvalue weighted by molar-refractivity contribution is 0.394. The van der Waals surface area contributed by atoms with Crippen LogP contribution in [0, 0.1) is 12.5 Å². The third-order valence-corrected chi connectivity index (χ3v) is 0.392. The van der Waals surface area contributed by atoms with Crippen molar-refractivity contribution in [3.8, 4) is 12.5 Å². The van der Waals surface area contributed by atoms with E-state index in [2.05, 4.69) is 10.9 Å². The molecule has 0 aliphatic rings. The second-order valence-corrected chi connectivity index (χ2v) is 1.11. The minimum Gasteiger partial charge on any atom is -0.173 e. The van der Waals surface area contributed by atoms with Crippen LogP contribution in [0.25, 0.3) is 0 Å². The Hall–Kier alpha value is -0.0475. The normalized spacial score (nSPS) is 6.67. The summed E-state index contributed by atoms with van der Waals surface area (Å²) in [5.41, 5.74) is 0. The molecule has 0 aromatic heterocycles. The molecule has 0 spiro atoms. The monoisotopic (exact) mass is 165 g/mol. The first-order valence-corrected chi connectivity index (χ1v) is 3.19. The van der Waals surface area contributed by atoms with Crippen molar-refractivity contribution in [3.63, 3.8) is 0 Å². The zero-order valence-electron chi connectivity index (χ0n) is 4.79. The molecular formula is C4H11AlO3P+. The smallest absolute Gasteiger partial charge is 0.173 e. The van der Waals surface area contributed by atoms with Gasteiger partial charge >= 0.3 is 8.25 Å². The van der Waals surface area contributed by atoms with E-state index in [1.807, 2.05) is 13.8 Å². The predicted octanol–water partition coefficient (Wildman–Crippen LogP) is 0.0857. The topological polar surface area (TPSA) is 46.5 Å². The first-order valence-electron chi connectivity index (χ1n) is 2.06. The molecule has 0 aliphatic heterocycles. The summed E-state index contributed by atoms with van der Waals surface area (Å²) in [4.78, 5) is 7.70. The highest BCUT2D eigenvalue weighted by Gasteiger charge is 2.06. The fourth-order valence-corrected chi connectivity index (χ4v) is 0.135. The third-order valence-electron chi connectivity index (χ3n) is 0.131. The van der Waals surface area contributed by atoms with Gasteiger partial charge in [-0.1, -0.05) is 20.3 Å². The van der Waals surface area contributed by atoms with E-state index in [0.29, 0.717) is 0 Å². The van der Waals surface area contributed by atoms with E-state index < -0.39 is 8.25 Å². The molecule has 0 saturated heterocycles. The van der Waals surface area contributed by atoms with Crippen LogP contribution in [0.15, 0.2) is 0 Å². The van der Waals surface area contributed by atoms with Gasteiger partial charge in [-0.2, -0.15) is 4.52 Å². The molecule has 0 aromatic carbocycles. The average molecular weight is 165 g/mol. The lowest BCUT2D eigenvalue weighted by atomic mass is 11.0. The van der Waals surface area contributed by atoms with Crippen molar-refractivity contribution >= 4 is 25.6 Å². The maximum absolute atomic E-state index is 9.38. The van der Waals surface area contributed by atoms with E-state index in [9.17, 15) is 4.57 Å². The van der Waals surface area contributed by atoms with Crippen LogP contribution in [0.3, 0.4) is 0 Å². The molecule has 1 N–H and O–H groups in total. The van der Waals surface area contributed by atoms with Crippen molar-refractivity contribution in [3.05, 3.63) is 0 Å². The summed E-state index contributed by atoms with van der Waals surface area (Å²) in [7, 11) is -2.59. The van der Waals surface area contributed by atoms with Crippen LogP contribution in [0.5, 0.6) is 0 Å². The second-order valence-electron chi connectivity index (χ2n) is 0.447. The van der Waals surface area contributed by atoms with Gasteiger partial charge in [-0.3, -0.25) is 0 Å². The maximum Gasteiger partial charge on any atom is 0.756 e. The van der Waals surface area contributed by atoms with Crippen LogP contribution in [0.4, 0.5) is 0 Å². The Kier molecular flexibility index (Phi) is 27.8. The quantitative estimate of drug-likeness (QED) is 0.340. The molecule has 0 aromatic rings. The molecule has 5 heteroatoms. The van der Waals surface area contributed by atoms with Crippen molar-refractivity contribution in [2.75, 3.05) is 0 Å². The van der Waals surface area contributed by atoms with Gasteiger partial charge in [0.15, 0.2) is 23.5 Å². The summed E-state index contributed by atoms with van der Waals surface area (Å²) in [5.74, 6) is 0. The number of rotatable bonds is 1. The van der Waals surface area contributed by atoms with Gasteiger partial charge in [0.1, 0.15) is 0 Å². The van der Waals surface area contributed by atoms with E-state index in [1.165, 1.54) is 6.11 Å². The van der Waals surface area contributed by atoms with Crippen molar-refractivity contribution in [1.29, 1.82) is 0 Å². The molecule has 9 heavy (non-hydrogen) atoms. The molecule has 1 atom stereocenters. The molecule has 0 fully saturated rings. The minimum absolute atomic E-state index is 0. The summed E-state index contributed by atoms with van der Waals surface area (Å²) >= 11 is 0. The summed E-state index contributed by atoms with van der Waals surface area (Å²) in [6.07, 6.45) is 5.95. The summed E-state index contributed by atoms with van der Waals surface area (Å²) in [5, 5.41) is 0. The van der Waals surface area contributed by atoms with E-state index >= 15 is 0 Å². The van der Waals surface area contributed by atoms with Gasteiger partial charge in [0, 0.05) is 4.57 Å². The van der Waals surface area contributed by atoms with Crippen molar-refractivity contribution in [2.24, 2.45) is 0 Å². The Bertz CT molecular complexity index is 98.5.